The SMILES string of the molecule is O=C(CN1C(=O)CC2(CCCC2)C1=O)Nc1cc(S(=O)(=O)N2CCCCCC2)ccc1Cl. The molecule has 1 aromatic rings. The minimum Gasteiger partial charge on any atom is -0.323 e. The first-order chi connectivity index (χ1) is 15.2. The van der Waals surface area contributed by atoms with E-state index in [2.05, 4.69) is 5.32 Å². The van der Waals surface area contributed by atoms with Gasteiger partial charge in [-0.1, -0.05) is 37.3 Å². The number of amides is 3. The van der Waals surface area contributed by atoms with Crippen LogP contribution >= 0.6 is 11.6 Å². The van der Waals surface area contributed by atoms with Crippen molar-refractivity contribution in [1.29, 1.82) is 0 Å². The van der Waals surface area contributed by atoms with Crippen molar-refractivity contribution >= 4 is 45.0 Å². The highest BCUT2D eigenvalue weighted by Crippen LogP contribution is 2.46. The molecule has 1 aromatic carbocycles. The van der Waals surface area contributed by atoms with Crippen molar-refractivity contribution in [3.8, 4) is 0 Å². The van der Waals surface area contributed by atoms with E-state index < -0.39 is 27.9 Å². The molecule has 0 bridgehead atoms. The largest absolute Gasteiger partial charge is 0.323 e. The molecule has 174 valence electrons. The van der Waals surface area contributed by atoms with E-state index in [0.717, 1.165) is 43.4 Å². The summed E-state index contributed by atoms with van der Waals surface area (Å²) in [5, 5.41) is 2.77. The topological polar surface area (TPSA) is 104 Å². The normalized spacial score (nSPS) is 21.8. The number of imide groups is 1. The lowest BCUT2D eigenvalue weighted by molar-refractivity contribution is -0.143. The average Bonchev–Trinajstić information content (AvgIpc) is 3.16. The van der Waals surface area contributed by atoms with Crippen LogP contribution < -0.4 is 5.32 Å². The zero-order chi connectivity index (χ0) is 22.9. The summed E-state index contributed by atoms with van der Waals surface area (Å²) in [6, 6.07) is 4.20. The predicted molar refractivity (Wildman–Crippen MR) is 120 cm³/mol. The van der Waals surface area contributed by atoms with E-state index in [1.807, 2.05) is 0 Å². The first kappa shape index (κ1) is 23.2. The van der Waals surface area contributed by atoms with Gasteiger partial charge in [-0.3, -0.25) is 19.3 Å². The molecule has 1 spiro atoms. The van der Waals surface area contributed by atoms with Crippen molar-refractivity contribution in [3.05, 3.63) is 23.2 Å². The Morgan fingerprint density at radius 3 is 2.34 bits per heavy atom. The van der Waals surface area contributed by atoms with Gasteiger partial charge in [-0.05, 0) is 43.9 Å². The van der Waals surface area contributed by atoms with Crippen molar-refractivity contribution in [2.75, 3.05) is 25.0 Å². The van der Waals surface area contributed by atoms with E-state index in [9.17, 15) is 22.8 Å². The molecule has 32 heavy (non-hydrogen) atoms. The molecule has 0 radical (unpaired) electrons. The maximum atomic E-state index is 13.1. The highest BCUT2D eigenvalue weighted by molar-refractivity contribution is 7.89. The van der Waals surface area contributed by atoms with Crippen molar-refractivity contribution in [2.24, 2.45) is 5.41 Å². The molecular weight excluding hydrogens is 454 g/mol. The first-order valence-electron chi connectivity index (χ1n) is 11.2. The van der Waals surface area contributed by atoms with Crippen molar-refractivity contribution < 1.29 is 22.8 Å². The van der Waals surface area contributed by atoms with Gasteiger partial charge in [0.25, 0.3) is 0 Å². The van der Waals surface area contributed by atoms with Crippen molar-refractivity contribution in [2.45, 2.75) is 62.7 Å². The molecule has 0 unspecified atom stereocenters. The Morgan fingerprint density at radius 2 is 1.69 bits per heavy atom. The van der Waals surface area contributed by atoms with Gasteiger partial charge in [-0.15, -0.1) is 0 Å². The summed E-state index contributed by atoms with van der Waals surface area (Å²) in [5.41, 5.74) is -0.502. The van der Waals surface area contributed by atoms with Crippen LogP contribution in [0.2, 0.25) is 5.02 Å². The fourth-order valence-corrected chi connectivity index (χ4v) is 6.70. The van der Waals surface area contributed by atoms with Crippen LogP contribution in [0.25, 0.3) is 0 Å². The van der Waals surface area contributed by atoms with E-state index in [0.29, 0.717) is 25.9 Å². The lowest BCUT2D eigenvalue weighted by Crippen LogP contribution is -2.40. The van der Waals surface area contributed by atoms with Gasteiger partial charge in [0, 0.05) is 19.5 Å². The number of rotatable bonds is 5. The molecule has 1 N–H and O–H groups in total. The summed E-state index contributed by atoms with van der Waals surface area (Å²) in [4.78, 5) is 38.9. The molecule has 1 saturated carbocycles. The Balaban J connectivity index is 1.48. The van der Waals surface area contributed by atoms with Crippen LogP contribution in [0.1, 0.15) is 57.8 Å². The Bertz CT molecular complexity index is 1030. The van der Waals surface area contributed by atoms with Crippen molar-refractivity contribution in [1.82, 2.24) is 9.21 Å². The van der Waals surface area contributed by atoms with Gasteiger partial charge in [-0.25, -0.2) is 8.42 Å². The monoisotopic (exact) mass is 481 g/mol. The lowest BCUT2D eigenvalue weighted by Gasteiger charge is -2.21. The number of halogens is 1. The second kappa shape index (κ2) is 9.11. The number of hydrogen-bond donors (Lipinski definition) is 1. The van der Waals surface area contributed by atoms with E-state index in [1.165, 1.54) is 22.5 Å². The molecule has 3 fully saturated rings. The minimum absolute atomic E-state index is 0.0531. The predicted octanol–water partition coefficient (Wildman–Crippen LogP) is 3.16. The van der Waals surface area contributed by atoms with Gasteiger partial charge in [0.1, 0.15) is 6.54 Å². The fraction of sp³-hybridized carbons (Fsp3) is 0.591. The number of carbonyl (C=O) groups excluding carboxylic acids is 3. The summed E-state index contributed by atoms with van der Waals surface area (Å²) >= 11 is 6.20. The summed E-state index contributed by atoms with van der Waals surface area (Å²) < 4.78 is 27.6. The Kier molecular flexibility index (Phi) is 6.61. The molecule has 1 aliphatic carbocycles. The zero-order valence-corrected chi connectivity index (χ0v) is 19.5. The molecule has 2 heterocycles. The van der Waals surface area contributed by atoms with Gasteiger partial charge in [0.15, 0.2) is 0 Å². The quantitative estimate of drug-likeness (QED) is 0.650. The number of hydrogen-bond acceptors (Lipinski definition) is 5. The average molecular weight is 482 g/mol. The van der Waals surface area contributed by atoms with Crippen LogP contribution in [0, 0.1) is 5.41 Å². The number of nitrogens with zero attached hydrogens (tertiary/aromatic N) is 2. The number of anilines is 1. The van der Waals surface area contributed by atoms with E-state index in [4.69, 9.17) is 11.6 Å². The number of nitrogens with one attached hydrogen (secondary N) is 1. The van der Waals surface area contributed by atoms with Crippen LogP contribution in [0.4, 0.5) is 5.69 Å². The van der Waals surface area contributed by atoms with Gasteiger partial charge < -0.3 is 5.32 Å². The number of carbonyl (C=O) groups is 3. The van der Waals surface area contributed by atoms with Crippen LogP contribution in [0.3, 0.4) is 0 Å². The second-order valence-corrected chi connectivity index (χ2v) is 11.3. The van der Waals surface area contributed by atoms with E-state index in [-0.39, 0.29) is 33.8 Å². The Hall–Kier alpha value is -1.97. The van der Waals surface area contributed by atoms with Crippen LogP contribution in [0.15, 0.2) is 23.1 Å². The second-order valence-electron chi connectivity index (χ2n) is 8.96. The maximum Gasteiger partial charge on any atom is 0.244 e. The molecule has 3 aliphatic rings. The number of sulfonamides is 1. The molecule has 3 amide bonds. The molecular formula is C22H28ClN3O5S. The van der Waals surface area contributed by atoms with Gasteiger partial charge in [0.05, 0.1) is 21.0 Å². The van der Waals surface area contributed by atoms with Gasteiger partial charge in [0.2, 0.25) is 27.7 Å². The molecule has 2 saturated heterocycles. The molecule has 0 aromatic heterocycles. The lowest BCUT2D eigenvalue weighted by atomic mass is 9.84. The number of likely N-dealkylation sites (tertiary alicyclic amines) is 1. The molecule has 8 nitrogen and oxygen atoms in total. The van der Waals surface area contributed by atoms with E-state index >= 15 is 0 Å². The standard InChI is InChI=1S/C22H28ClN3O5S/c23-17-8-7-16(32(30,31)25-11-5-1-2-6-12-25)13-18(17)24-19(27)15-26-20(28)14-22(21(26)29)9-3-4-10-22/h7-8,13H,1-6,9-12,14-15H2,(H,24,27). The van der Waals surface area contributed by atoms with Gasteiger partial charge >= 0.3 is 0 Å². The van der Waals surface area contributed by atoms with Crippen LogP contribution in [0.5, 0.6) is 0 Å². The smallest absolute Gasteiger partial charge is 0.244 e. The zero-order valence-electron chi connectivity index (χ0n) is 17.9. The first-order valence-corrected chi connectivity index (χ1v) is 13.0. The highest BCUT2D eigenvalue weighted by Gasteiger charge is 2.52. The summed E-state index contributed by atoms with van der Waals surface area (Å²) in [6.45, 7) is 0.528. The molecule has 10 heteroatoms. The summed E-state index contributed by atoms with van der Waals surface area (Å²) in [5.74, 6) is -1.21. The summed E-state index contributed by atoms with van der Waals surface area (Å²) in [6.07, 6.45) is 6.97. The maximum absolute atomic E-state index is 13.1. The third kappa shape index (κ3) is 4.43. The number of benzene rings is 1. The highest BCUT2D eigenvalue weighted by atomic mass is 35.5. The van der Waals surface area contributed by atoms with Crippen LogP contribution in [-0.4, -0.2) is 55.0 Å². The third-order valence-electron chi connectivity index (χ3n) is 6.77. The van der Waals surface area contributed by atoms with Crippen molar-refractivity contribution in [3.63, 3.8) is 0 Å². The summed E-state index contributed by atoms with van der Waals surface area (Å²) in [7, 11) is -3.71. The van der Waals surface area contributed by atoms with E-state index in [1.54, 1.807) is 0 Å². The fourth-order valence-electron chi connectivity index (χ4n) is 4.99. The van der Waals surface area contributed by atoms with Gasteiger partial charge in [-0.2, -0.15) is 4.31 Å². The minimum atomic E-state index is -3.71. The molecule has 4 rings (SSSR count). The third-order valence-corrected chi connectivity index (χ3v) is 8.99. The molecule has 0 atom stereocenters. The van der Waals surface area contributed by atoms with Crippen LogP contribution in [-0.2, 0) is 24.4 Å². The Morgan fingerprint density at radius 1 is 1.03 bits per heavy atom. The molecule has 2 aliphatic heterocycles. The Labute approximate surface area is 193 Å².